The number of hydrogen-bond donors (Lipinski definition) is 1. The van der Waals surface area contributed by atoms with E-state index in [1.807, 2.05) is 17.5 Å². The van der Waals surface area contributed by atoms with Crippen LogP contribution in [0, 0.1) is 0 Å². The van der Waals surface area contributed by atoms with Gasteiger partial charge in [0.2, 0.25) is 5.91 Å². The second-order valence-corrected chi connectivity index (χ2v) is 7.55. The average molecular weight is 388 g/mol. The standard InChI is InChI=1S/C18H18ClN5OS/c19-13-3-1-12(2-4-13)15(16(20)25)23-6-8-24(9-7-23)17-14-5-10-26-18(14)22-11-21-17/h1-5,10-11,15H,6-9H2,(H2,20,25)/t15-/m0/s1. The Hall–Kier alpha value is -2.22. The highest BCUT2D eigenvalue weighted by Crippen LogP contribution is 2.29. The van der Waals surface area contributed by atoms with Crippen LogP contribution in [0.5, 0.6) is 0 Å². The highest BCUT2D eigenvalue weighted by Gasteiger charge is 2.29. The molecule has 3 heterocycles. The molecule has 1 aliphatic heterocycles. The van der Waals surface area contributed by atoms with Gasteiger partial charge in [-0.3, -0.25) is 9.69 Å². The molecule has 1 aromatic carbocycles. The number of fused-ring (bicyclic) bond motifs is 1. The number of halogens is 1. The number of primary amides is 1. The zero-order chi connectivity index (χ0) is 18.1. The van der Waals surface area contributed by atoms with E-state index < -0.39 is 6.04 Å². The lowest BCUT2D eigenvalue weighted by atomic mass is 10.0. The van der Waals surface area contributed by atoms with Gasteiger partial charge in [-0.25, -0.2) is 9.97 Å². The second-order valence-electron chi connectivity index (χ2n) is 6.22. The van der Waals surface area contributed by atoms with Crippen LogP contribution in [-0.2, 0) is 4.79 Å². The van der Waals surface area contributed by atoms with Crippen molar-refractivity contribution in [1.29, 1.82) is 0 Å². The summed E-state index contributed by atoms with van der Waals surface area (Å²) >= 11 is 7.57. The monoisotopic (exact) mass is 387 g/mol. The topological polar surface area (TPSA) is 75.4 Å². The normalized spacial score (nSPS) is 16.7. The van der Waals surface area contributed by atoms with Gasteiger partial charge in [-0.15, -0.1) is 11.3 Å². The third-order valence-corrected chi connectivity index (χ3v) is 5.75. The first kappa shape index (κ1) is 17.2. The van der Waals surface area contributed by atoms with E-state index in [0.29, 0.717) is 5.02 Å². The summed E-state index contributed by atoms with van der Waals surface area (Å²) in [5.74, 6) is 0.612. The Labute approximate surface area is 160 Å². The van der Waals surface area contributed by atoms with Crippen LogP contribution in [-0.4, -0.2) is 47.0 Å². The molecule has 134 valence electrons. The number of anilines is 1. The number of rotatable bonds is 4. The predicted octanol–water partition coefficient (Wildman–Crippen LogP) is 2.69. The Morgan fingerprint density at radius 3 is 2.54 bits per heavy atom. The predicted molar refractivity (Wildman–Crippen MR) is 105 cm³/mol. The Balaban J connectivity index is 1.52. The summed E-state index contributed by atoms with van der Waals surface area (Å²) < 4.78 is 0. The van der Waals surface area contributed by atoms with Gasteiger partial charge in [0.1, 0.15) is 23.0 Å². The van der Waals surface area contributed by atoms with Gasteiger partial charge in [-0.05, 0) is 29.1 Å². The molecule has 26 heavy (non-hydrogen) atoms. The summed E-state index contributed by atoms with van der Waals surface area (Å²) in [4.78, 5) is 26.2. The van der Waals surface area contributed by atoms with Gasteiger partial charge in [0.15, 0.2) is 0 Å². The molecule has 0 radical (unpaired) electrons. The number of carbonyl (C=O) groups is 1. The van der Waals surface area contributed by atoms with Crippen molar-refractivity contribution in [1.82, 2.24) is 14.9 Å². The third-order valence-electron chi connectivity index (χ3n) is 4.67. The number of nitrogens with zero attached hydrogens (tertiary/aromatic N) is 4. The van der Waals surface area contributed by atoms with Gasteiger partial charge in [0.25, 0.3) is 0 Å². The van der Waals surface area contributed by atoms with E-state index in [0.717, 1.165) is 47.8 Å². The van der Waals surface area contributed by atoms with E-state index in [1.54, 1.807) is 29.8 Å². The molecule has 1 atom stereocenters. The molecule has 1 amide bonds. The molecular formula is C18H18ClN5OS. The summed E-state index contributed by atoms with van der Waals surface area (Å²) in [6.07, 6.45) is 1.61. The van der Waals surface area contributed by atoms with Crippen molar-refractivity contribution in [2.45, 2.75) is 6.04 Å². The van der Waals surface area contributed by atoms with Crippen molar-refractivity contribution < 1.29 is 4.79 Å². The number of piperazine rings is 1. The highest BCUT2D eigenvalue weighted by atomic mass is 35.5. The molecule has 2 aromatic heterocycles. The maximum absolute atomic E-state index is 12.1. The number of nitrogens with two attached hydrogens (primary N) is 1. The molecule has 0 bridgehead atoms. The van der Waals surface area contributed by atoms with Crippen LogP contribution < -0.4 is 10.6 Å². The van der Waals surface area contributed by atoms with Gasteiger partial charge in [0, 0.05) is 31.2 Å². The first-order valence-corrected chi connectivity index (χ1v) is 9.61. The fourth-order valence-electron chi connectivity index (χ4n) is 3.42. The number of hydrogen-bond acceptors (Lipinski definition) is 6. The minimum absolute atomic E-state index is 0.344. The van der Waals surface area contributed by atoms with Crippen LogP contribution in [0.2, 0.25) is 5.02 Å². The second kappa shape index (κ2) is 7.19. The van der Waals surface area contributed by atoms with Crippen molar-refractivity contribution in [2.75, 3.05) is 31.1 Å². The number of aromatic nitrogens is 2. The Bertz CT molecular complexity index is 921. The lowest BCUT2D eigenvalue weighted by molar-refractivity contribution is -0.123. The fraction of sp³-hybridized carbons (Fsp3) is 0.278. The number of carbonyl (C=O) groups excluding carboxylic acids is 1. The summed E-state index contributed by atoms with van der Waals surface area (Å²) in [5, 5.41) is 3.75. The molecule has 8 heteroatoms. The molecule has 3 aromatic rings. The number of benzene rings is 1. The summed E-state index contributed by atoms with van der Waals surface area (Å²) in [6, 6.07) is 8.92. The van der Waals surface area contributed by atoms with E-state index in [9.17, 15) is 4.79 Å². The van der Waals surface area contributed by atoms with Crippen LogP contribution in [0.25, 0.3) is 10.2 Å². The zero-order valence-corrected chi connectivity index (χ0v) is 15.6. The lowest BCUT2D eigenvalue weighted by Crippen LogP contribution is -2.50. The van der Waals surface area contributed by atoms with E-state index in [4.69, 9.17) is 17.3 Å². The van der Waals surface area contributed by atoms with Crippen LogP contribution in [0.4, 0.5) is 5.82 Å². The van der Waals surface area contributed by atoms with E-state index >= 15 is 0 Å². The Morgan fingerprint density at radius 2 is 1.85 bits per heavy atom. The third kappa shape index (κ3) is 3.25. The average Bonchev–Trinajstić information content (AvgIpc) is 3.13. The largest absolute Gasteiger partial charge is 0.368 e. The molecule has 0 unspecified atom stereocenters. The first-order valence-electron chi connectivity index (χ1n) is 8.35. The molecule has 0 aliphatic carbocycles. The summed E-state index contributed by atoms with van der Waals surface area (Å²) in [7, 11) is 0. The van der Waals surface area contributed by atoms with E-state index in [-0.39, 0.29) is 5.91 Å². The Morgan fingerprint density at radius 1 is 1.12 bits per heavy atom. The summed E-state index contributed by atoms with van der Waals surface area (Å²) in [5.41, 5.74) is 6.57. The minimum atomic E-state index is -0.444. The molecule has 1 saturated heterocycles. The van der Waals surface area contributed by atoms with E-state index in [2.05, 4.69) is 25.8 Å². The summed E-state index contributed by atoms with van der Waals surface area (Å²) in [6.45, 7) is 3.01. The lowest BCUT2D eigenvalue weighted by Gasteiger charge is -2.38. The van der Waals surface area contributed by atoms with Crippen molar-refractivity contribution in [3.05, 3.63) is 52.6 Å². The van der Waals surface area contributed by atoms with Gasteiger partial charge >= 0.3 is 0 Å². The van der Waals surface area contributed by atoms with Crippen LogP contribution >= 0.6 is 22.9 Å². The minimum Gasteiger partial charge on any atom is -0.368 e. The van der Waals surface area contributed by atoms with Crippen LogP contribution in [0.15, 0.2) is 42.0 Å². The molecule has 0 spiro atoms. The molecule has 2 N–H and O–H groups in total. The molecule has 4 rings (SSSR count). The number of amides is 1. The molecule has 0 saturated carbocycles. The smallest absolute Gasteiger partial charge is 0.239 e. The van der Waals surface area contributed by atoms with Crippen LogP contribution in [0.1, 0.15) is 11.6 Å². The SMILES string of the molecule is NC(=O)[C@H](c1ccc(Cl)cc1)N1CCN(c2ncnc3sccc23)CC1. The van der Waals surface area contributed by atoms with Gasteiger partial charge in [0.05, 0.1) is 5.39 Å². The maximum atomic E-state index is 12.1. The highest BCUT2D eigenvalue weighted by molar-refractivity contribution is 7.16. The van der Waals surface area contributed by atoms with Crippen LogP contribution in [0.3, 0.4) is 0 Å². The molecule has 1 fully saturated rings. The van der Waals surface area contributed by atoms with Gasteiger partial charge in [-0.1, -0.05) is 23.7 Å². The van der Waals surface area contributed by atoms with Crippen molar-refractivity contribution >= 4 is 44.9 Å². The molecule has 1 aliphatic rings. The quantitative estimate of drug-likeness (QED) is 0.744. The Kier molecular flexibility index (Phi) is 4.76. The first-order chi connectivity index (χ1) is 12.6. The van der Waals surface area contributed by atoms with Crippen molar-refractivity contribution in [2.24, 2.45) is 5.73 Å². The van der Waals surface area contributed by atoms with E-state index in [1.165, 1.54) is 0 Å². The molecular weight excluding hydrogens is 370 g/mol. The fourth-order valence-corrected chi connectivity index (χ4v) is 4.27. The van der Waals surface area contributed by atoms with Crippen molar-refractivity contribution in [3.63, 3.8) is 0 Å². The zero-order valence-electron chi connectivity index (χ0n) is 14.0. The van der Waals surface area contributed by atoms with Gasteiger partial charge in [-0.2, -0.15) is 0 Å². The maximum Gasteiger partial charge on any atom is 0.239 e. The molecule has 6 nitrogen and oxygen atoms in total. The van der Waals surface area contributed by atoms with Crippen molar-refractivity contribution in [3.8, 4) is 0 Å². The van der Waals surface area contributed by atoms with Gasteiger partial charge < -0.3 is 10.6 Å². The number of thiophene rings is 1.